The van der Waals surface area contributed by atoms with E-state index in [1.165, 1.54) is 85.0 Å². The smallest absolute Gasteiger partial charge is 0.324 e. The van der Waals surface area contributed by atoms with E-state index in [9.17, 15) is 43.2 Å². The Labute approximate surface area is 598 Å². The molecule has 3 saturated heterocycles. The third-order valence-corrected chi connectivity index (χ3v) is 21.2. The van der Waals surface area contributed by atoms with Gasteiger partial charge in [0, 0.05) is 206 Å². The van der Waals surface area contributed by atoms with Crippen molar-refractivity contribution in [1.82, 2.24) is 76.3 Å². The predicted octanol–water partition coefficient (Wildman–Crippen LogP) is 8.31. The van der Waals surface area contributed by atoms with E-state index in [1.807, 2.05) is 39.0 Å². The molecule has 24 heteroatoms. The number of benzene rings is 3. The summed E-state index contributed by atoms with van der Waals surface area (Å²) in [5, 5.41) is 20.4. The summed E-state index contributed by atoms with van der Waals surface area (Å²) in [6.07, 6.45) is 18.5. The van der Waals surface area contributed by atoms with Gasteiger partial charge in [-0.25, -0.2) is 14.4 Å². The monoisotopic (exact) mass is 1400 g/mol. The number of piperidine rings is 3. The summed E-state index contributed by atoms with van der Waals surface area (Å²) < 4.78 is 0. The van der Waals surface area contributed by atoms with Crippen molar-refractivity contribution in [2.24, 2.45) is 17.8 Å². The summed E-state index contributed by atoms with van der Waals surface area (Å²) in [7, 11) is 0. The first kappa shape index (κ1) is 75.3. The fraction of sp³-hybridized carbons (Fsp3) is 0.500. The normalized spacial score (nSPS) is 21.5. The molecule has 6 aromatic rings. The first-order valence-corrected chi connectivity index (χ1v) is 36.6. The molecule has 9 atom stereocenters. The van der Waals surface area contributed by atoms with Gasteiger partial charge in [-0.3, -0.25) is 58.2 Å². The highest BCUT2D eigenvalue weighted by atomic mass is 16.2. The largest absolute Gasteiger partial charge is 0.361 e. The fourth-order valence-electron chi connectivity index (χ4n) is 16.9. The molecule has 9 N–H and O–H groups in total. The van der Waals surface area contributed by atoms with Crippen molar-refractivity contribution in [3.63, 3.8) is 0 Å². The Hall–Kier alpha value is -9.39. The minimum atomic E-state index is -0.369. The first-order chi connectivity index (χ1) is 49.3. The summed E-state index contributed by atoms with van der Waals surface area (Å²) in [4.78, 5) is 134. The van der Waals surface area contributed by atoms with Gasteiger partial charge in [-0.05, 0) is 130 Å². The molecule has 12 amide bonds. The van der Waals surface area contributed by atoms with Gasteiger partial charge in [-0.1, -0.05) is 54.6 Å². The highest BCUT2D eigenvalue weighted by molar-refractivity contribution is 5.98. The third kappa shape index (κ3) is 17.0. The lowest BCUT2D eigenvalue weighted by molar-refractivity contribution is -0.136. The number of H-pyrrole nitrogens is 3. The molecule has 6 aliphatic rings. The minimum absolute atomic E-state index is 0.120. The average molecular weight is 1400 g/mol. The highest BCUT2D eigenvalue weighted by Crippen LogP contribution is 2.48. The van der Waals surface area contributed by atoms with Gasteiger partial charge in [0.2, 0.25) is 35.4 Å². The van der Waals surface area contributed by atoms with Gasteiger partial charge < -0.3 is 46.9 Å². The van der Waals surface area contributed by atoms with Crippen LogP contribution in [0.3, 0.4) is 0 Å². The lowest BCUT2D eigenvalue weighted by atomic mass is 9.72. The summed E-state index contributed by atoms with van der Waals surface area (Å²) >= 11 is 0. The second kappa shape index (κ2) is 35.0. The van der Waals surface area contributed by atoms with Crippen LogP contribution in [0.2, 0.25) is 0 Å². The van der Waals surface area contributed by atoms with Crippen LogP contribution in [-0.4, -0.2) is 214 Å². The number of carbonyl (C=O) groups is 9. The number of carbonyl (C=O) groups excluding carboxylic acids is 9. The molecule has 6 heterocycles. The Bertz CT molecular complexity index is 3640. The quantitative estimate of drug-likeness (QED) is 0.0204. The predicted molar refractivity (Wildman–Crippen MR) is 397 cm³/mol. The van der Waals surface area contributed by atoms with Crippen LogP contribution in [0.15, 0.2) is 111 Å². The van der Waals surface area contributed by atoms with Crippen molar-refractivity contribution in [2.75, 3.05) is 98.2 Å². The maximum Gasteiger partial charge on any atom is 0.324 e. The van der Waals surface area contributed by atoms with Crippen molar-refractivity contribution in [1.29, 1.82) is 0 Å². The lowest BCUT2D eigenvalue weighted by Gasteiger charge is -2.47. The first-order valence-electron chi connectivity index (χ1n) is 36.6. The number of aromatic nitrogens is 3. The van der Waals surface area contributed by atoms with Crippen LogP contribution in [-0.2, 0) is 48.0 Å². The molecule has 102 heavy (non-hydrogen) atoms. The van der Waals surface area contributed by atoms with Crippen LogP contribution in [0.5, 0.6) is 0 Å². The molecule has 0 unspecified atom stereocenters. The van der Waals surface area contributed by atoms with Gasteiger partial charge in [0.25, 0.3) is 0 Å². The Kier molecular flexibility index (Phi) is 25.8. The zero-order valence-corrected chi connectivity index (χ0v) is 60.3. The number of aromatic amines is 3. The van der Waals surface area contributed by atoms with E-state index in [-0.39, 0.29) is 109 Å². The number of likely N-dealkylation sites (tertiary alicyclic amines) is 3. The van der Waals surface area contributed by atoms with Gasteiger partial charge in [-0.2, -0.15) is 0 Å². The zero-order valence-electron chi connectivity index (χ0n) is 60.3. The summed E-state index contributed by atoms with van der Waals surface area (Å²) in [5.74, 6) is -1.03. The number of urea groups is 3. The van der Waals surface area contributed by atoms with E-state index in [0.29, 0.717) is 135 Å². The SMILES string of the molecule is C=CCN1C[C@H](C(=O)N(CCCNC(C)=O)C(=O)NCC)C[C@@H]2c3cccc4[nH]cc(c34)C[C@H]21.C=CCN1C[C@H](C(=O)N(CCCNC(C)=O)C(=O)NCC)C[C@@H]2c3cccc4[nH]cc(c34)C[C@H]21.C=CCN1C[C@H](C(=O)N(CCCNC(C)=O)C(=O)NCC)C[C@@H]2c3cccc4[nH]cc(c34)C[C@H]21. The van der Waals surface area contributed by atoms with Gasteiger partial charge in [-0.15, -0.1) is 19.7 Å². The molecule has 546 valence electrons. The summed E-state index contributed by atoms with van der Waals surface area (Å²) in [5.41, 5.74) is 11.2. The van der Waals surface area contributed by atoms with Gasteiger partial charge >= 0.3 is 18.1 Å². The van der Waals surface area contributed by atoms with E-state index >= 15 is 0 Å². The van der Waals surface area contributed by atoms with Crippen molar-refractivity contribution in [2.45, 2.75) is 135 Å². The lowest BCUT2D eigenvalue weighted by Crippen LogP contribution is -2.55. The highest BCUT2D eigenvalue weighted by Gasteiger charge is 2.48. The van der Waals surface area contributed by atoms with Crippen molar-refractivity contribution < 1.29 is 43.2 Å². The molecular formula is C78H105N15O9. The molecule has 24 nitrogen and oxygen atoms in total. The second-order valence-corrected chi connectivity index (χ2v) is 27.9. The molecule has 0 radical (unpaired) electrons. The van der Waals surface area contributed by atoms with Gasteiger partial charge in [0.05, 0.1) is 17.8 Å². The average Bonchev–Trinajstić information content (AvgIpc) is 1.45. The third-order valence-electron chi connectivity index (χ3n) is 21.2. The molecule has 12 rings (SSSR count). The molecular weight excluding hydrogens is 1290 g/mol. The van der Waals surface area contributed by atoms with Crippen LogP contribution >= 0.6 is 0 Å². The Morgan fingerprint density at radius 2 is 0.706 bits per heavy atom. The Balaban J connectivity index is 0.000000165. The standard InChI is InChI=1S/3C26H35N5O3/c3*1-4-11-30-16-19(25(33)31(26(34)27-5-2)12-7-10-28-17(3)32)13-21-20-8-6-9-22-24(20)18(15-29-22)14-23(21)30/h3*4,6,8-9,15,19,21,23,29H,1,5,7,10-14,16H2,2-3H3,(H,27,34)(H,28,32)/t3*19-,21-,23-/m111/s1. The number of hydrogen-bond donors (Lipinski definition) is 9. The topological polar surface area (TPSA) is 293 Å². The molecule has 0 spiro atoms. The summed E-state index contributed by atoms with van der Waals surface area (Å²) in [6.45, 7) is 29.1. The molecule has 3 aromatic heterocycles. The van der Waals surface area contributed by atoms with Crippen LogP contribution in [0.4, 0.5) is 14.4 Å². The van der Waals surface area contributed by atoms with E-state index < -0.39 is 0 Å². The molecule has 3 aromatic carbocycles. The Morgan fingerprint density at radius 1 is 0.431 bits per heavy atom. The zero-order chi connectivity index (χ0) is 72.7. The van der Waals surface area contributed by atoms with Crippen molar-refractivity contribution in [3.05, 3.63) is 145 Å². The van der Waals surface area contributed by atoms with Crippen molar-refractivity contribution in [3.8, 4) is 0 Å². The number of hydrogen-bond acceptors (Lipinski definition) is 12. The number of imide groups is 3. The van der Waals surface area contributed by atoms with Crippen LogP contribution in [0.1, 0.15) is 131 Å². The molecule has 3 fully saturated rings. The molecule has 0 saturated carbocycles. The number of amides is 12. The maximum atomic E-state index is 13.7. The maximum absolute atomic E-state index is 13.7. The number of fused-ring (bicyclic) bond motifs is 6. The molecule has 0 bridgehead atoms. The second-order valence-electron chi connectivity index (χ2n) is 27.9. The van der Waals surface area contributed by atoms with Crippen LogP contribution < -0.4 is 31.9 Å². The number of nitrogens with one attached hydrogen (secondary N) is 9. The number of rotatable bonds is 24. The van der Waals surface area contributed by atoms with Crippen molar-refractivity contribution >= 4 is 86.2 Å². The van der Waals surface area contributed by atoms with E-state index in [4.69, 9.17) is 0 Å². The van der Waals surface area contributed by atoms with E-state index in [0.717, 1.165) is 35.8 Å². The van der Waals surface area contributed by atoms with Crippen LogP contribution in [0, 0.1) is 17.8 Å². The van der Waals surface area contributed by atoms with Gasteiger partial charge in [0.1, 0.15) is 0 Å². The Morgan fingerprint density at radius 3 is 0.951 bits per heavy atom. The van der Waals surface area contributed by atoms with E-state index in [2.05, 4.69) is 154 Å². The van der Waals surface area contributed by atoms with E-state index in [1.54, 1.807) is 0 Å². The van der Waals surface area contributed by atoms with Crippen LogP contribution in [0.25, 0.3) is 32.7 Å². The fourth-order valence-corrected chi connectivity index (χ4v) is 16.9. The minimum Gasteiger partial charge on any atom is -0.361 e. The molecule has 3 aliphatic carbocycles. The molecule has 3 aliphatic heterocycles. The number of nitrogens with zero attached hydrogens (tertiary/aromatic N) is 6. The summed E-state index contributed by atoms with van der Waals surface area (Å²) in [6, 6.07) is 18.9. The van der Waals surface area contributed by atoms with Gasteiger partial charge in [0.15, 0.2) is 0 Å².